The second-order valence-electron chi connectivity index (χ2n) is 7.00. The number of aliphatic hydroxyl groups is 1. The molecule has 3 rings (SSSR count). The van der Waals surface area contributed by atoms with Crippen LogP contribution in [-0.4, -0.2) is 79.6 Å². The van der Waals surface area contributed by atoms with Gasteiger partial charge in [-0.25, -0.2) is 4.39 Å². The van der Waals surface area contributed by atoms with E-state index in [9.17, 15) is 9.50 Å². The number of hydrogen-bond acceptors (Lipinski definition) is 5. The van der Waals surface area contributed by atoms with Crippen molar-refractivity contribution in [2.24, 2.45) is 0 Å². The summed E-state index contributed by atoms with van der Waals surface area (Å²) in [6.07, 6.45) is 2.22. The van der Waals surface area contributed by atoms with Crippen molar-refractivity contribution in [3.63, 3.8) is 0 Å². The first kappa shape index (κ1) is 18.7. The van der Waals surface area contributed by atoms with E-state index in [1.165, 1.54) is 18.9 Å². The lowest BCUT2D eigenvalue weighted by atomic mass is 10.2. The van der Waals surface area contributed by atoms with Gasteiger partial charge in [-0.2, -0.15) is 0 Å². The van der Waals surface area contributed by atoms with Crippen LogP contribution in [0.4, 0.5) is 4.39 Å². The van der Waals surface area contributed by atoms with Crippen LogP contribution in [-0.2, 0) is 16.1 Å². The Balaban J connectivity index is 1.29. The van der Waals surface area contributed by atoms with Gasteiger partial charge in [0.2, 0.25) is 0 Å². The Morgan fingerprint density at radius 1 is 1.20 bits per heavy atom. The summed E-state index contributed by atoms with van der Waals surface area (Å²) in [6.45, 7) is 6.90. The molecule has 6 heteroatoms. The molecule has 0 amide bonds. The Morgan fingerprint density at radius 2 is 1.96 bits per heavy atom. The lowest BCUT2D eigenvalue weighted by Crippen LogP contribution is -2.50. The van der Waals surface area contributed by atoms with Crippen LogP contribution in [0.15, 0.2) is 24.3 Å². The third-order valence-corrected chi connectivity index (χ3v) is 4.95. The van der Waals surface area contributed by atoms with Crippen molar-refractivity contribution in [1.82, 2.24) is 9.80 Å². The van der Waals surface area contributed by atoms with Gasteiger partial charge < -0.3 is 14.6 Å². The lowest BCUT2D eigenvalue weighted by molar-refractivity contribution is -0.00396. The van der Waals surface area contributed by atoms with E-state index in [0.29, 0.717) is 18.2 Å². The fourth-order valence-corrected chi connectivity index (χ4v) is 3.50. The fraction of sp³-hybridized carbons (Fsp3) is 0.684. The van der Waals surface area contributed by atoms with Crippen LogP contribution < -0.4 is 0 Å². The summed E-state index contributed by atoms with van der Waals surface area (Å²) in [7, 11) is 0. The summed E-state index contributed by atoms with van der Waals surface area (Å²) in [5.74, 6) is -0.264. The van der Waals surface area contributed by atoms with Crippen molar-refractivity contribution in [2.45, 2.75) is 31.7 Å². The first-order valence-corrected chi connectivity index (χ1v) is 9.26. The minimum atomic E-state index is -0.545. The van der Waals surface area contributed by atoms with E-state index in [2.05, 4.69) is 9.80 Å². The van der Waals surface area contributed by atoms with E-state index in [-0.39, 0.29) is 19.0 Å². The fourth-order valence-electron chi connectivity index (χ4n) is 3.50. The summed E-state index contributed by atoms with van der Waals surface area (Å²) in [6, 6.07) is 6.57. The molecule has 2 heterocycles. The molecule has 5 nitrogen and oxygen atoms in total. The second kappa shape index (κ2) is 9.59. The average Bonchev–Trinajstić information content (AvgIpc) is 3.11. The predicted octanol–water partition coefficient (Wildman–Crippen LogP) is 1.50. The molecule has 2 aliphatic heterocycles. The Morgan fingerprint density at radius 3 is 2.68 bits per heavy atom. The second-order valence-corrected chi connectivity index (χ2v) is 7.00. The molecule has 0 radical (unpaired) electrons. The van der Waals surface area contributed by atoms with Crippen molar-refractivity contribution in [2.75, 3.05) is 52.5 Å². The molecule has 2 fully saturated rings. The van der Waals surface area contributed by atoms with Crippen LogP contribution >= 0.6 is 0 Å². The molecule has 25 heavy (non-hydrogen) atoms. The highest BCUT2D eigenvalue weighted by Crippen LogP contribution is 2.14. The number of β-amino-alcohol motifs (C(OH)–C–C–N with tert-alkyl or cyclic N) is 1. The zero-order valence-electron chi connectivity index (χ0n) is 14.8. The number of nitrogens with zero attached hydrogens (tertiary/aromatic N) is 2. The van der Waals surface area contributed by atoms with E-state index in [1.54, 1.807) is 18.2 Å². The molecular weight excluding hydrogens is 323 g/mol. The van der Waals surface area contributed by atoms with Crippen LogP contribution in [0.25, 0.3) is 0 Å². The Kier molecular flexibility index (Phi) is 7.19. The standard InChI is InChI=1S/C19H29FN2O3/c20-19-6-2-1-4-16(19)14-24-15-17(23)12-21-7-9-22(10-8-21)13-18-5-3-11-25-18/h1-2,4,6,17-18,23H,3,5,7-15H2. The van der Waals surface area contributed by atoms with Crippen LogP contribution in [0.1, 0.15) is 18.4 Å². The molecule has 1 N–H and O–H groups in total. The normalized spacial score (nSPS) is 23.8. The first-order chi connectivity index (χ1) is 12.2. The topological polar surface area (TPSA) is 45.2 Å². The van der Waals surface area contributed by atoms with E-state index < -0.39 is 6.10 Å². The van der Waals surface area contributed by atoms with Crippen molar-refractivity contribution in [3.05, 3.63) is 35.6 Å². The molecule has 0 bridgehead atoms. The van der Waals surface area contributed by atoms with Crippen LogP contribution in [0.5, 0.6) is 0 Å². The largest absolute Gasteiger partial charge is 0.389 e. The van der Waals surface area contributed by atoms with Gasteiger partial charge in [0.15, 0.2) is 0 Å². The molecule has 0 spiro atoms. The molecule has 0 saturated carbocycles. The third-order valence-electron chi connectivity index (χ3n) is 4.95. The van der Waals surface area contributed by atoms with Gasteiger partial charge in [-0.05, 0) is 18.9 Å². The van der Waals surface area contributed by atoms with Gasteiger partial charge in [0.1, 0.15) is 5.82 Å². The maximum atomic E-state index is 13.5. The van der Waals surface area contributed by atoms with E-state index in [0.717, 1.165) is 39.3 Å². The highest BCUT2D eigenvalue weighted by atomic mass is 19.1. The molecule has 2 atom stereocenters. The smallest absolute Gasteiger partial charge is 0.128 e. The van der Waals surface area contributed by atoms with Crippen molar-refractivity contribution in [1.29, 1.82) is 0 Å². The van der Waals surface area contributed by atoms with Crippen molar-refractivity contribution < 1.29 is 19.0 Å². The molecule has 2 saturated heterocycles. The minimum absolute atomic E-state index is 0.193. The van der Waals surface area contributed by atoms with Crippen molar-refractivity contribution >= 4 is 0 Å². The number of halogens is 1. The number of rotatable bonds is 8. The van der Waals surface area contributed by atoms with E-state index in [4.69, 9.17) is 9.47 Å². The highest BCUT2D eigenvalue weighted by Gasteiger charge is 2.23. The quantitative estimate of drug-likeness (QED) is 0.768. The Bertz CT molecular complexity index is 517. The molecule has 2 aliphatic rings. The van der Waals surface area contributed by atoms with Crippen LogP contribution in [0.2, 0.25) is 0 Å². The maximum Gasteiger partial charge on any atom is 0.128 e. The number of hydrogen-bond donors (Lipinski definition) is 1. The summed E-state index contributed by atoms with van der Waals surface area (Å²) in [5.41, 5.74) is 0.525. The maximum absolute atomic E-state index is 13.5. The number of aliphatic hydroxyl groups excluding tert-OH is 1. The number of ether oxygens (including phenoxy) is 2. The lowest BCUT2D eigenvalue weighted by Gasteiger charge is -2.36. The zero-order valence-corrected chi connectivity index (χ0v) is 14.8. The van der Waals surface area contributed by atoms with E-state index >= 15 is 0 Å². The SMILES string of the molecule is OC(COCc1ccccc1F)CN1CCN(CC2CCCO2)CC1. The summed E-state index contributed by atoms with van der Waals surface area (Å²) in [4.78, 5) is 4.72. The minimum Gasteiger partial charge on any atom is -0.389 e. The predicted molar refractivity (Wildman–Crippen MR) is 93.9 cm³/mol. The Hall–Kier alpha value is -1.05. The van der Waals surface area contributed by atoms with Gasteiger partial charge in [0, 0.05) is 51.4 Å². The van der Waals surface area contributed by atoms with Gasteiger partial charge in [0.05, 0.1) is 25.4 Å². The Labute approximate surface area is 149 Å². The monoisotopic (exact) mass is 352 g/mol. The zero-order chi connectivity index (χ0) is 17.5. The summed E-state index contributed by atoms with van der Waals surface area (Å²) < 4.78 is 24.7. The van der Waals surface area contributed by atoms with Gasteiger partial charge in [-0.15, -0.1) is 0 Å². The summed E-state index contributed by atoms with van der Waals surface area (Å²) in [5, 5.41) is 10.2. The number of piperazine rings is 1. The molecule has 1 aromatic carbocycles. The van der Waals surface area contributed by atoms with Crippen molar-refractivity contribution in [3.8, 4) is 0 Å². The summed E-state index contributed by atoms with van der Waals surface area (Å²) >= 11 is 0. The molecule has 140 valence electrons. The van der Waals surface area contributed by atoms with Gasteiger partial charge in [0.25, 0.3) is 0 Å². The highest BCUT2D eigenvalue weighted by molar-refractivity contribution is 5.16. The average molecular weight is 352 g/mol. The molecule has 1 aromatic rings. The van der Waals surface area contributed by atoms with Gasteiger partial charge >= 0.3 is 0 Å². The van der Waals surface area contributed by atoms with Crippen LogP contribution in [0.3, 0.4) is 0 Å². The molecule has 0 aliphatic carbocycles. The third kappa shape index (κ3) is 6.01. The van der Waals surface area contributed by atoms with Crippen LogP contribution in [0, 0.1) is 5.82 Å². The van der Waals surface area contributed by atoms with Gasteiger partial charge in [-0.1, -0.05) is 18.2 Å². The molecular formula is C19H29FN2O3. The van der Waals surface area contributed by atoms with Gasteiger partial charge in [-0.3, -0.25) is 9.80 Å². The first-order valence-electron chi connectivity index (χ1n) is 9.26. The number of benzene rings is 1. The molecule has 2 unspecified atom stereocenters. The van der Waals surface area contributed by atoms with E-state index in [1.807, 2.05) is 0 Å². The molecule has 0 aromatic heterocycles.